The average molecular weight is 316 g/mol. The van der Waals surface area contributed by atoms with Gasteiger partial charge in [0.15, 0.2) is 6.61 Å². The molecule has 0 N–H and O–H groups in total. The lowest BCUT2D eigenvalue weighted by Gasteiger charge is -2.39. The van der Waals surface area contributed by atoms with Crippen molar-refractivity contribution >= 4 is 11.9 Å². The molecule has 1 aromatic heterocycles. The molecule has 5 nitrogen and oxygen atoms in total. The molecule has 2 bridgehead atoms. The van der Waals surface area contributed by atoms with Gasteiger partial charge in [0.2, 0.25) is 0 Å². The SMILES string of the molecule is CC1(C)C[C@H]2C[C@](C)(CN2C(=O)COC(=O)c2ccccn2)C1. The molecule has 3 rings (SSSR count). The molecular weight excluding hydrogens is 292 g/mol. The average Bonchev–Trinajstić information content (AvgIpc) is 2.74. The molecule has 23 heavy (non-hydrogen) atoms. The zero-order valence-corrected chi connectivity index (χ0v) is 14.0. The summed E-state index contributed by atoms with van der Waals surface area (Å²) in [5.74, 6) is -0.645. The van der Waals surface area contributed by atoms with E-state index in [0.717, 1.165) is 25.8 Å². The number of carbonyl (C=O) groups is 2. The second kappa shape index (κ2) is 5.62. The van der Waals surface area contributed by atoms with Gasteiger partial charge in [-0.25, -0.2) is 9.78 Å². The lowest BCUT2D eigenvalue weighted by atomic mass is 9.65. The van der Waals surface area contributed by atoms with Crippen LogP contribution in [0, 0.1) is 10.8 Å². The summed E-state index contributed by atoms with van der Waals surface area (Å²) in [6, 6.07) is 5.30. The topological polar surface area (TPSA) is 59.5 Å². The van der Waals surface area contributed by atoms with Gasteiger partial charge in [-0.15, -0.1) is 0 Å². The number of esters is 1. The van der Waals surface area contributed by atoms with Crippen molar-refractivity contribution in [2.45, 2.75) is 46.1 Å². The van der Waals surface area contributed by atoms with E-state index < -0.39 is 5.97 Å². The number of nitrogens with zero attached hydrogens (tertiary/aromatic N) is 2. The van der Waals surface area contributed by atoms with Crippen LogP contribution in [-0.4, -0.2) is 41.0 Å². The smallest absolute Gasteiger partial charge is 0.357 e. The summed E-state index contributed by atoms with van der Waals surface area (Å²) >= 11 is 0. The lowest BCUT2D eigenvalue weighted by molar-refractivity contribution is -0.135. The Morgan fingerprint density at radius 2 is 2.09 bits per heavy atom. The molecule has 2 atom stereocenters. The molecule has 1 amide bonds. The maximum Gasteiger partial charge on any atom is 0.357 e. The van der Waals surface area contributed by atoms with E-state index in [1.54, 1.807) is 18.2 Å². The first-order valence-electron chi connectivity index (χ1n) is 8.16. The normalized spacial score (nSPS) is 28.5. The number of rotatable bonds is 3. The largest absolute Gasteiger partial charge is 0.451 e. The number of hydrogen-bond acceptors (Lipinski definition) is 4. The van der Waals surface area contributed by atoms with Crippen LogP contribution < -0.4 is 0 Å². The van der Waals surface area contributed by atoms with Crippen LogP contribution >= 0.6 is 0 Å². The van der Waals surface area contributed by atoms with Crippen molar-refractivity contribution in [1.82, 2.24) is 9.88 Å². The fourth-order valence-corrected chi connectivity index (χ4v) is 4.52. The van der Waals surface area contributed by atoms with Crippen molar-refractivity contribution in [2.75, 3.05) is 13.2 Å². The summed E-state index contributed by atoms with van der Waals surface area (Å²) in [5, 5.41) is 0. The molecule has 2 aliphatic rings. The summed E-state index contributed by atoms with van der Waals surface area (Å²) in [6.07, 6.45) is 4.73. The van der Waals surface area contributed by atoms with E-state index >= 15 is 0 Å². The Morgan fingerprint density at radius 3 is 2.78 bits per heavy atom. The number of ether oxygens (including phenoxy) is 1. The molecule has 0 unspecified atom stereocenters. The maximum absolute atomic E-state index is 12.5. The van der Waals surface area contributed by atoms with Crippen LogP contribution in [0.15, 0.2) is 24.4 Å². The summed E-state index contributed by atoms with van der Waals surface area (Å²) in [4.78, 5) is 30.3. The van der Waals surface area contributed by atoms with E-state index in [2.05, 4.69) is 25.8 Å². The van der Waals surface area contributed by atoms with Crippen molar-refractivity contribution < 1.29 is 14.3 Å². The number of aromatic nitrogens is 1. The van der Waals surface area contributed by atoms with Gasteiger partial charge in [-0.3, -0.25) is 4.79 Å². The van der Waals surface area contributed by atoms with Gasteiger partial charge >= 0.3 is 5.97 Å². The molecule has 0 spiro atoms. The summed E-state index contributed by atoms with van der Waals surface area (Å²) in [5.41, 5.74) is 0.679. The molecule has 1 saturated carbocycles. The van der Waals surface area contributed by atoms with Crippen LogP contribution in [-0.2, 0) is 9.53 Å². The third-order valence-corrected chi connectivity index (χ3v) is 4.94. The zero-order chi connectivity index (χ0) is 16.7. The van der Waals surface area contributed by atoms with Gasteiger partial charge in [-0.05, 0) is 42.2 Å². The highest BCUT2D eigenvalue weighted by Gasteiger charge is 2.50. The van der Waals surface area contributed by atoms with Gasteiger partial charge in [0.1, 0.15) is 5.69 Å². The van der Waals surface area contributed by atoms with Gasteiger partial charge in [0.05, 0.1) is 0 Å². The second-order valence-corrected chi connectivity index (χ2v) is 8.03. The number of carbonyl (C=O) groups excluding carboxylic acids is 2. The number of amides is 1. The van der Waals surface area contributed by atoms with E-state index in [9.17, 15) is 9.59 Å². The predicted octanol–water partition coefficient (Wildman–Crippen LogP) is 2.67. The molecule has 2 heterocycles. The fraction of sp³-hybridized carbons (Fsp3) is 0.611. The van der Waals surface area contributed by atoms with Gasteiger partial charge in [0.25, 0.3) is 5.91 Å². The quantitative estimate of drug-likeness (QED) is 0.804. The van der Waals surface area contributed by atoms with E-state index in [-0.39, 0.29) is 35.1 Å². The Balaban J connectivity index is 1.60. The molecule has 0 radical (unpaired) electrons. The maximum atomic E-state index is 12.5. The first kappa shape index (κ1) is 16.0. The van der Waals surface area contributed by atoms with Crippen molar-refractivity contribution in [3.8, 4) is 0 Å². The molecule has 5 heteroatoms. The minimum absolute atomic E-state index is 0.0966. The minimum atomic E-state index is -0.548. The minimum Gasteiger partial charge on any atom is -0.451 e. The van der Waals surface area contributed by atoms with Crippen LogP contribution in [0.5, 0.6) is 0 Å². The molecule has 2 fully saturated rings. The zero-order valence-electron chi connectivity index (χ0n) is 14.0. The second-order valence-electron chi connectivity index (χ2n) is 8.03. The van der Waals surface area contributed by atoms with E-state index in [0.29, 0.717) is 0 Å². The first-order chi connectivity index (χ1) is 10.8. The van der Waals surface area contributed by atoms with Gasteiger partial charge in [-0.2, -0.15) is 0 Å². The molecule has 124 valence electrons. The monoisotopic (exact) mass is 316 g/mol. The first-order valence-corrected chi connectivity index (χ1v) is 8.16. The molecule has 1 aromatic rings. The summed E-state index contributed by atoms with van der Waals surface area (Å²) in [6.45, 7) is 7.36. The predicted molar refractivity (Wildman–Crippen MR) is 85.8 cm³/mol. The van der Waals surface area contributed by atoms with Gasteiger partial charge < -0.3 is 9.64 Å². The van der Waals surface area contributed by atoms with E-state index in [1.807, 2.05) is 4.90 Å². The fourth-order valence-electron chi connectivity index (χ4n) is 4.52. The highest BCUT2D eigenvalue weighted by molar-refractivity contribution is 5.89. The van der Waals surface area contributed by atoms with Crippen LogP contribution in [0.3, 0.4) is 0 Å². The van der Waals surface area contributed by atoms with E-state index in [4.69, 9.17) is 4.74 Å². The lowest BCUT2D eigenvalue weighted by Crippen LogP contribution is -2.39. The van der Waals surface area contributed by atoms with Crippen LogP contribution in [0.25, 0.3) is 0 Å². The third-order valence-electron chi connectivity index (χ3n) is 4.94. The van der Waals surface area contributed by atoms with Crippen LogP contribution in [0.2, 0.25) is 0 Å². The summed E-state index contributed by atoms with van der Waals surface area (Å²) < 4.78 is 5.14. The van der Waals surface area contributed by atoms with Crippen molar-refractivity contribution in [3.05, 3.63) is 30.1 Å². The summed E-state index contributed by atoms with van der Waals surface area (Å²) in [7, 11) is 0. The third kappa shape index (κ3) is 3.38. The van der Waals surface area contributed by atoms with Gasteiger partial charge in [0, 0.05) is 18.8 Å². The number of pyridine rings is 1. The van der Waals surface area contributed by atoms with Gasteiger partial charge in [-0.1, -0.05) is 26.8 Å². The van der Waals surface area contributed by atoms with Crippen molar-refractivity contribution in [2.24, 2.45) is 10.8 Å². The molecular formula is C18H24N2O3. The van der Waals surface area contributed by atoms with Crippen molar-refractivity contribution in [3.63, 3.8) is 0 Å². The van der Waals surface area contributed by atoms with E-state index in [1.165, 1.54) is 6.20 Å². The number of likely N-dealkylation sites (tertiary alicyclic amines) is 1. The van der Waals surface area contributed by atoms with Crippen LogP contribution in [0.1, 0.15) is 50.5 Å². The van der Waals surface area contributed by atoms with Crippen molar-refractivity contribution in [1.29, 1.82) is 0 Å². The highest BCUT2D eigenvalue weighted by atomic mass is 16.5. The van der Waals surface area contributed by atoms with Crippen LogP contribution in [0.4, 0.5) is 0 Å². The number of hydrogen-bond donors (Lipinski definition) is 0. The molecule has 1 aliphatic heterocycles. The Hall–Kier alpha value is -1.91. The number of fused-ring (bicyclic) bond motifs is 2. The highest BCUT2D eigenvalue weighted by Crippen LogP contribution is 2.52. The Kier molecular flexibility index (Phi) is 3.90. The standard InChI is InChI=1S/C18H24N2O3/c1-17(2)8-13-9-18(3,11-17)12-20(13)15(21)10-23-16(22)14-6-4-5-7-19-14/h4-7,13H,8-12H2,1-3H3/t13-,18-/m0/s1. The molecule has 0 aromatic carbocycles. The molecule has 1 saturated heterocycles. The molecule has 1 aliphatic carbocycles. The Bertz CT molecular complexity index is 614. The Labute approximate surface area is 137 Å². The Morgan fingerprint density at radius 1 is 1.30 bits per heavy atom.